The Bertz CT molecular complexity index is 66.1. The van der Waals surface area contributed by atoms with Gasteiger partial charge in [0.2, 0.25) is 0 Å². The summed E-state index contributed by atoms with van der Waals surface area (Å²) < 4.78 is 23.6. The summed E-state index contributed by atoms with van der Waals surface area (Å²) in [7, 11) is 0. The second kappa shape index (κ2) is 4.68. The summed E-state index contributed by atoms with van der Waals surface area (Å²) >= 11 is 0. The SMILES string of the molecule is CCNC(CC)C(F)F. The van der Waals surface area contributed by atoms with Crippen LogP contribution in [0.5, 0.6) is 0 Å². The van der Waals surface area contributed by atoms with E-state index in [-0.39, 0.29) is 0 Å². The Morgan fingerprint density at radius 2 is 1.89 bits per heavy atom. The van der Waals surface area contributed by atoms with E-state index in [9.17, 15) is 8.78 Å². The van der Waals surface area contributed by atoms with Gasteiger partial charge in [0.05, 0.1) is 6.04 Å². The number of hydrogen-bond donors (Lipinski definition) is 1. The molecule has 0 aliphatic heterocycles. The number of hydrogen-bond acceptors (Lipinski definition) is 1. The molecule has 1 atom stereocenters. The van der Waals surface area contributed by atoms with Crippen molar-refractivity contribution in [2.75, 3.05) is 6.54 Å². The fraction of sp³-hybridized carbons (Fsp3) is 1.00. The Kier molecular flexibility index (Phi) is 4.58. The summed E-state index contributed by atoms with van der Waals surface area (Å²) in [6.07, 6.45) is -1.74. The Morgan fingerprint density at radius 1 is 1.33 bits per heavy atom. The zero-order valence-electron chi connectivity index (χ0n) is 5.82. The molecule has 1 nitrogen and oxygen atoms in total. The lowest BCUT2D eigenvalue weighted by atomic mass is 10.2. The average molecular weight is 137 g/mol. The van der Waals surface area contributed by atoms with E-state index in [2.05, 4.69) is 5.32 Å². The number of halogens is 2. The van der Waals surface area contributed by atoms with Gasteiger partial charge in [0, 0.05) is 0 Å². The highest BCUT2D eigenvalue weighted by Gasteiger charge is 2.15. The number of rotatable bonds is 4. The van der Waals surface area contributed by atoms with Crippen molar-refractivity contribution < 1.29 is 8.78 Å². The van der Waals surface area contributed by atoms with Crippen LogP contribution in [0.25, 0.3) is 0 Å². The third kappa shape index (κ3) is 3.40. The lowest BCUT2D eigenvalue weighted by molar-refractivity contribution is 0.0973. The summed E-state index contributed by atoms with van der Waals surface area (Å²) in [5.74, 6) is 0. The van der Waals surface area contributed by atoms with Crippen molar-refractivity contribution in [3.05, 3.63) is 0 Å². The molecule has 0 aliphatic rings. The molecule has 0 bridgehead atoms. The van der Waals surface area contributed by atoms with Crippen LogP contribution in [-0.2, 0) is 0 Å². The van der Waals surface area contributed by atoms with Crippen molar-refractivity contribution in [1.82, 2.24) is 5.32 Å². The number of alkyl halides is 2. The summed E-state index contributed by atoms with van der Waals surface area (Å²) in [6, 6.07) is -0.616. The van der Waals surface area contributed by atoms with Gasteiger partial charge in [-0.25, -0.2) is 8.78 Å². The first-order valence-electron chi connectivity index (χ1n) is 3.23. The van der Waals surface area contributed by atoms with Gasteiger partial charge in [0.25, 0.3) is 6.43 Å². The summed E-state index contributed by atoms with van der Waals surface area (Å²) in [5.41, 5.74) is 0. The quantitative estimate of drug-likeness (QED) is 0.621. The smallest absolute Gasteiger partial charge is 0.253 e. The normalized spacial score (nSPS) is 14.3. The molecule has 0 aromatic carbocycles. The molecule has 3 heteroatoms. The van der Waals surface area contributed by atoms with Gasteiger partial charge in [-0.3, -0.25) is 0 Å². The van der Waals surface area contributed by atoms with Crippen LogP contribution in [0.4, 0.5) is 8.78 Å². The maximum Gasteiger partial charge on any atom is 0.253 e. The zero-order chi connectivity index (χ0) is 7.28. The van der Waals surface area contributed by atoms with Crippen LogP contribution < -0.4 is 5.32 Å². The van der Waals surface area contributed by atoms with E-state index in [4.69, 9.17) is 0 Å². The van der Waals surface area contributed by atoms with Crippen molar-refractivity contribution >= 4 is 0 Å². The maximum atomic E-state index is 11.8. The summed E-state index contributed by atoms with van der Waals surface area (Å²) in [4.78, 5) is 0. The van der Waals surface area contributed by atoms with Crippen LogP contribution in [0, 0.1) is 0 Å². The first-order chi connectivity index (χ1) is 4.22. The van der Waals surface area contributed by atoms with Crippen molar-refractivity contribution in [3.63, 3.8) is 0 Å². The van der Waals surface area contributed by atoms with Crippen LogP contribution >= 0.6 is 0 Å². The average Bonchev–Trinajstić information content (AvgIpc) is 1.82. The molecule has 9 heavy (non-hydrogen) atoms. The Morgan fingerprint density at radius 3 is 2.00 bits per heavy atom. The number of nitrogens with one attached hydrogen (secondary N) is 1. The van der Waals surface area contributed by atoms with E-state index in [1.807, 2.05) is 6.92 Å². The van der Waals surface area contributed by atoms with Gasteiger partial charge in [0.1, 0.15) is 0 Å². The largest absolute Gasteiger partial charge is 0.309 e. The zero-order valence-corrected chi connectivity index (χ0v) is 5.82. The molecule has 0 aromatic rings. The summed E-state index contributed by atoms with van der Waals surface area (Å²) in [5, 5.41) is 2.68. The highest BCUT2D eigenvalue weighted by Crippen LogP contribution is 2.03. The second-order valence-corrected chi connectivity index (χ2v) is 1.91. The predicted octanol–water partition coefficient (Wildman–Crippen LogP) is 1.64. The van der Waals surface area contributed by atoms with E-state index in [0.717, 1.165) is 0 Å². The molecule has 1 N–H and O–H groups in total. The molecule has 0 fully saturated rings. The fourth-order valence-electron chi connectivity index (χ4n) is 0.674. The molecule has 0 aliphatic carbocycles. The van der Waals surface area contributed by atoms with Crippen molar-refractivity contribution in [2.24, 2.45) is 0 Å². The Hall–Kier alpha value is -0.180. The van der Waals surface area contributed by atoms with Crippen LogP contribution in [0.15, 0.2) is 0 Å². The van der Waals surface area contributed by atoms with E-state index >= 15 is 0 Å². The van der Waals surface area contributed by atoms with E-state index in [1.165, 1.54) is 0 Å². The van der Waals surface area contributed by atoms with Crippen molar-refractivity contribution in [2.45, 2.75) is 32.7 Å². The fourth-order valence-corrected chi connectivity index (χ4v) is 0.674. The second-order valence-electron chi connectivity index (χ2n) is 1.91. The molecule has 0 heterocycles. The third-order valence-electron chi connectivity index (χ3n) is 1.21. The van der Waals surface area contributed by atoms with Crippen molar-refractivity contribution in [1.29, 1.82) is 0 Å². The third-order valence-corrected chi connectivity index (χ3v) is 1.21. The van der Waals surface area contributed by atoms with Gasteiger partial charge in [-0.15, -0.1) is 0 Å². The van der Waals surface area contributed by atoms with E-state index in [1.54, 1.807) is 6.92 Å². The molecular formula is C6H13F2N. The monoisotopic (exact) mass is 137 g/mol. The maximum absolute atomic E-state index is 11.8. The van der Waals surface area contributed by atoms with Crippen LogP contribution in [-0.4, -0.2) is 19.0 Å². The van der Waals surface area contributed by atoms with Crippen LogP contribution in [0.3, 0.4) is 0 Å². The van der Waals surface area contributed by atoms with Crippen LogP contribution in [0.1, 0.15) is 20.3 Å². The Labute approximate surface area is 54.4 Å². The van der Waals surface area contributed by atoms with E-state index in [0.29, 0.717) is 13.0 Å². The molecule has 0 radical (unpaired) electrons. The highest BCUT2D eigenvalue weighted by atomic mass is 19.3. The standard InChI is InChI=1S/C6H13F2N/c1-3-5(6(7)8)9-4-2/h5-6,9H,3-4H2,1-2H3. The molecular weight excluding hydrogens is 124 g/mol. The van der Waals surface area contributed by atoms with Gasteiger partial charge in [-0.2, -0.15) is 0 Å². The van der Waals surface area contributed by atoms with Gasteiger partial charge in [0.15, 0.2) is 0 Å². The molecule has 56 valence electrons. The lowest BCUT2D eigenvalue weighted by Crippen LogP contribution is -2.34. The molecule has 0 saturated heterocycles. The summed E-state index contributed by atoms with van der Waals surface area (Å²) in [6.45, 7) is 4.19. The minimum absolute atomic E-state index is 0.492. The molecule has 0 aromatic heterocycles. The minimum Gasteiger partial charge on any atom is -0.309 e. The van der Waals surface area contributed by atoms with Crippen molar-refractivity contribution in [3.8, 4) is 0 Å². The van der Waals surface area contributed by atoms with Gasteiger partial charge in [-0.1, -0.05) is 13.8 Å². The topological polar surface area (TPSA) is 12.0 Å². The molecule has 1 unspecified atom stereocenters. The first-order valence-corrected chi connectivity index (χ1v) is 3.23. The highest BCUT2D eigenvalue weighted by molar-refractivity contribution is 4.64. The van der Waals surface area contributed by atoms with Gasteiger partial charge < -0.3 is 5.32 Å². The van der Waals surface area contributed by atoms with E-state index < -0.39 is 12.5 Å². The minimum atomic E-state index is -2.23. The molecule has 0 spiro atoms. The molecule has 0 rings (SSSR count). The van der Waals surface area contributed by atoms with Crippen LogP contribution in [0.2, 0.25) is 0 Å². The lowest BCUT2D eigenvalue weighted by Gasteiger charge is -2.13. The predicted molar refractivity (Wildman–Crippen MR) is 33.8 cm³/mol. The van der Waals surface area contributed by atoms with Gasteiger partial charge in [-0.05, 0) is 13.0 Å². The van der Waals surface area contributed by atoms with Gasteiger partial charge >= 0.3 is 0 Å². The Balaban J connectivity index is 3.41. The molecule has 0 saturated carbocycles. The first kappa shape index (κ1) is 8.82. The molecule has 0 amide bonds.